The smallest absolute Gasteiger partial charge is 0.471 e. The summed E-state index contributed by atoms with van der Waals surface area (Å²) in [6.45, 7) is -0.0977. The minimum absolute atomic E-state index is 0.0136. The molecule has 0 radical (unpaired) electrons. The second-order valence-corrected chi connectivity index (χ2v) is 7.43. The number of ether oxygens (including phenoxy) is 1. The molecule has 0 spiro atoms. The summed E-state index contributed by atoms with van der Waals surface area (Å²) in [6.07, 6.45) is -5.05. The van der Waals surface area contributed by atoms with Crippen LogP contribution < -0.4 is 20.5 Å². The van der Waals surface area contributed by atoms with Gasteiger partial charge in [-0.05, 0) is 36.4 Å². The van der Waals surface area contributed by atoms with Crippen LogP contribution in [0.3, 0.4) is 0 Å². The van der Waals surface area contributed by atoms with Gasteiger partial charge in [0.05, 0.1) is 4.90 Å². The van der Waals surface area contributed by atoms with Crippen LogP contribution in [0.15, 0.2) is 53.4 Å². The van der Waals surface area contributed by atoms with Crippen LogP contribution in [0.25, 0.3) is 0 Å². The Morgan fingerprint density at radius 2 is 1.79 bits per heavy atom. The Labute approximate surface area is 164 Å². The van der Waals surface area contributed by atoms with E-state index in [1.165, 1.54) is 6.07 Å². The number of carbonyl (C=O) groups excluding carboxylic acids is 1. The Kier molecular flexibility index (Phi) is 6.82. The van der Waals surface area contributed by atoms with Gasteiger partial charge in [-0.2, -0.15) is 13.2 Å². The zero-order valence-electron chi connectivity index (χ0n) is 14.8. The number of nitrogens with two attached hydrogens (primary N) is 1. The number of sulfonamides is 1. The first-order valence-electron chi connectivity index (χ1n) is 8.04. The Morgan fingerprint density at radius 1 is 1.14 bits per heavy atom. The van der Waals surface area contributed by atoms with E-state index in [4.69, 9.17) is 15.9 Å². The number of hydrogen-bond donors (Lipinski definition) is 4. The van der Waals surface area contributed by atoms with Crippen LogP contribution in [-0.2, 0) is 14.8 Å². The summed E-state index contributed by atoms with van der Waals surface area (Å²) in [5.74, 6) is -1.88. The molecule has 12 heteroatoms. The van der Waals surface area contributed by atoms with Gasteiger partial charge in [0.2, 0.25) is 10.0 Å². The fourth-order valence-corrected chi connectivity index (χ4v) is 3.11. The molecular weight excluding hydrogens is 413 g/mol. The van der Waals surface area contributed by atoms with Gasteiger partial charge in [0.1, 0.15) is 18.2 Å². The Bertz CT molecular complexity index is 992. The van der Waals surface area contributed by atoms with Gasteiger partial charge in [0, 0.05) is 17.8 Å². The normalized spacial score (nSPS) is 11.7. The lowest BCUT2D eigenvalue weighted by Gasteiger charge is -2.11. The van der Waals surface area contributed by atoms with E-state index in [1.54, 1.807) is 23.5 Å². The lowest BCUT2D eigenvalue weighted by molar-refractivity contribution is -0.167. The van der Waals surface area contributed by atoms with Crippen molar-refractivity contribution < 1.29 is 31.1 Å². The van der Waals surface area contributed by atoms with Crippen LogP contribution in [-0.4, -0.2) is 39.5 Å². The van der Waals surface area contributed by atoms with Crippen molar-refractivity contribution in [3.63, 3.8) is 0 Å². The molecule has 1 amide bonds. The van der Waals surface area contributed by atoms with E-state index in [-0.39, 0.29) is 29.6 Å². The van der Waals surface area contributed by atoms with Crippen LogP contribution >= 0.6 is 0 Å². The van der Waals surface area contributed by atoms with Crippen molar-refractivity contribution in [2.45, 2.75) is 11.1 Å². The third kappa shape index (κ3) is 6.47. The first-order valence-corrected chi connectivity index (χ1v) is 9.52. The molecule has 2 aromatic carbocycles. The molecule has 0 aliphatic rings. The number of amides is 1. The van der Waals surface area contributed by atoms with Crippen molar-refractivity contribution in [2.75, 3.05) is 18.5 Å². The van der Waals surface area contributed by atoms with E-state index in [1.807, 2.05) is 0 Å². The molecule has 0 aliphatic heterocycles. The summed E-state index contributed by atoms with van der Waals surface area (Å²) in [7, 11) is -3.93. The highest BCUT2D eigenvalue weighted by Gasteiger charge is 2.38. The highest BCUT2D eigenvalue weighted by Crippen LogP contribution is 2.19. The van der Waals surface area contributed by atoms with Gasteiger partial charge in [-0.3, -0.25) is 10.2 Å². The number of anilines is 1. The fourth-order valence-electron chi connectivity index (χ4n) is 2.10. The van der Waals surface area contributed by atoms with Crippen molar-refractivity contribution in [1.29, 1.82) is 5.41 Å². The van der Waals surface area contributed by atoms with E-state index in [9.17, 15) is 26.4 Å². The van der Waals surface area contributed by atoms with Gasteiger partial charge >= 0.3 is 12.1 Å². The maximum absolute atomic E-state index is 12.2. The molecule has 0 bridgehead atoms. The first-order chi connectivity index (χ1) is 13.5. The molecule has 2 aromatic rings. The molecular formula is C17H17F3N4O4S. The molecule has 8 nitrogen and oxygen atoms in total. The highest BCUT2D eigenvalue weighted by molar-refractivity contribution is 7.89. The van der Waals surface area contributed by atoms with Gasteiger partial charge in [-0.15, -0.1) is 0 Å². The zero-order valence-corrected chi connectivity index (χ0v) is 15.6. The predicted octanol–water partition coefficient (Wildman–Crippen LogP) is 1.83. The van der Waals surface area contributed by atoms with E-state index >= 15 is 0 Å². The van der Waals surface area contributed by atoms with Crippen molar-refractivity contribution in [1.82, 2.24) is 4.72 Å². The van der Waals surface area contributed by atoms with E-state index in [0.717, 1.165) is 24.3 Å². The van der Waals surface area contributed by atoms with Crippen molar-refractivity contribution in [3.8, 4) is 5.75 Å². The van der Waals surface area contributed by atoms with Crippen LogP contribution in [0.2, 0.25) is 0 Å². The summed E-state index contributed by atoms with van der Waals surface area (Å²) in [6, 6.07) is 10.6. The van der Waals surface area contributed by atoms with Gasteiger partial charge in [-0.1, -0.05) is 12.1 Å². The summed E-state index contributed by atoms with van der Waals surface area (Å²) >= 11 is 0. The maximum atomic E-state index is 12.2. The number of rotatable bonds is 8. The molecule has 0 saturated heterocycles. The van der Waals surface area contributed by atoms with Crippen LogP contribution in [0.1, 0.15) is 5.56 Å². The van der Waals surface area contributed by atoms with Crippen molar-refractivity contribution >= 4 is 27.5 Å². The molecule has 5 N–H and O–H groups in total. The average Bonchev–Trinajstić information content (AvgIpc) is 2.65. The number of carbonyl (C=O) groups is 1. The Morgan fingerprint density at radius 3 is 2.38 bits per heavy atom. The fraction of sp³-hybridized carbons (Fsp3) is 0.176. The molecule has 0 atom stereocenters. The van der Waals surface area contributed by atoms with Gasteiger partial charge in [-0.25, -0.2) is 13.1 Å². The van der Waals surface area contributed by atoms with E-state index < -0.39 is 22.1 Å². The van der Waals surface area contributed by atoms with Crippen LogP contribution in [0.5, 0.6) is 5.75 Å². The number of nitrogen functional groups attached to an aromatic ring is 1. The molecule has 0 fully saturated rings. The second-order valence-electron chi connectivity index (χ2n) is 5.66. The quantitative estimate of drug-likeness (QED) is 0.288. The lowest BCUT2D eigenvalue weighted by atomic mass is 10.2. The molecule has 0 saturated carbocycles. The molecule has 0 unspecified atom stereocenters. The van der Waals surface area contributed by atoms with E-state index in [2.05, 4.69) is 4.72 Å². The largest absolute Gasteiger partial charge is 0.492 e. The monoisotopic (exact) mass is 430 g/mol. The lowest BCUT2D eigenvalue weighted by Crippen LogP contribution is -2.30. The first kappa shape index (κ1) is 22.2. The van der Waals surface area contributed by atoms with Crippen molar-refractivity contribution in [2.24, 2.45) is 5.73 Å². The van der Waals surface area contributed by atoms with Crippen LogP contribution in [0, 0.1) is 5.41 Å². The third-order valence-electron chi connectivity index (χ3n) is 3.49. The number of alkyl halides is 3. The van der Waals surface area contributed by atoms with Gasteiger partial charge in [0.15, 0.2) is 0 Å². The molecule has 0 aromatic heterocycles. The third-order valence-corrected chi connectivity index (χ3v) is 4.96. The van der Waals surface area contributed by atoms with Crippen LogP contribution in [0.4, 0.5) is 18.9 Å². The number of nitrogens with one attached hydrogen (secondary N) is 3. The summed E-state index contributed by atoms with van der Waals surface area (Å²) in [5, 5.41) is 8.98. The Balaban J connectivity index is 1.90. The summed E-state index contributed by atoms with van der Waals surface area (Å²) in [5.41, 5.74) is 5.64. The zero-order chi connectivity index (χ0) is 21.7. The molecule has 156 valence electrons. The number of hydrogen-bond acceptors (Lipinski definition) is 5. The van der Waals surface area contributed by atoms with Gasteiger partial charge in [0.25, 0.3) is 0 Å². The van der Waals surface area contributed by atoms with Gasteiger partial charge < -0.3 is 15.8 Å². The SMILES string of the molecule is N=C(N)c1cccc(OCCNS(=O)(=O)c2ccc(NC(=O)C(F)(F)F)cc2)c1. The predicted molar refractivity (Wildman–Crippen MR) is 99.3 cm³/mol. The number of benzene rings is 2. The second kappa shape index (κ2) is 8.92. The standard InChI is InChI=1S/C17H17F3N4O4S/c18-17(19,20)16(25)24-12-4-6-14(7-5-12)29(26,27)23-8-9-28-13-3-1-2-11(10-13)15(21)22/h1-7,10,23H,8-9H2,(H3,21,22)(H,24,25). The number of amidine groups is 1. The van der Waals surface area contributed by atoms with Crippen molar-refractivity contribution in [3.05, 3.63) is 54.1 Å². The molecule has 29 heavy (non-hydrogen) atoms. The minimum Gasteiger partial charge on any atom is -0.492 e. The average molecular weight is 430 g/mol. The van der Waals surface area contributed by atoms with E-state index in [0.29, 0.717) is 11.3 Å². The summed E-state index contributed by atoms with van der Waals surface area (Å²) < 4.78 is 68.7. The molecule has 0 heterocycles. The molecule has 2 rings (SSSR count). The molecule has 0 aliphatic carbocycles. The topological polar surface area (TPSA) is 134 Å². The summed E-state index contributed by atoms with van der Waals surface area (Å²) in [4.78, 5) is 10.7. The highest BCUT2D eigenvalue weighted by atomic mass is 32.2. The minimum atomic E-state index is -5.05. The Hall–Kier alpha value is -3.12. The number of halogens is 3. The maximum Gasteiger partial charge on any atom is 0.471 e.